The van der Waals surface area contributed by atoms with E-state index in [0.29, 0.717) is 6.04 Å². The molecule has 3 N–H and O–H groups in total. The Morgan fingerprint density at radius 3 is 2.94 bits per heavy atom. The number of likely N-dealkylation sites (N-methyl/N-ethyl adjacent to an activating group) is 1. The molecule has 3 heteroatoms. The average Bonchev–Trinajstić information content (AvgIpc) is 2.30. The summed E-state index contributed by atoms with van der Waals surface area (Å²) in [6.45, 7) is 2.21. The Morgan fingerprint density at radius 1 is 1.38 bits per heavy atom. The van der Waals surface area contributed by atoms with Gasteiger partial charge in [0.2, 0.25) is 0 Å². The summed E-state index contributed by atoms with van der Waals surface area (Å²) in [7, 11) is 2.21. The van der Waals surface area contributed by atoms with Gasteiger partial charge in [0.15, 0.2) is 0 Å². The Kier molecular flexibility index (Phi) is 3.67. The topological polar surface area (TPSA) is 41.3 Å². The Morgan fingerprint density at radius 2 is 2.19 bits per heavy atom. The molecule has 1 aromatic carbocycles. The molecule has 1 unspecified atom stereocenters. The minimum atomic E-state index is 0.647. The van der Waals surface area contributed by atoms with Crippen molar-refractivity contribution in [2.45, 2.75) is 25.3 Å². The molecule has 0 aromatic heterocycles. The standard InChI is InChI=1S/C13H21N3/c1-16-9-5-4-6-11(16)10-15-13-8-3-2-7-12(13)14/h2-3,7-8,11,15H,4-6,9-10,14H2,1H3. The smallest absolute Gasteiger partial charge is 0.0574 e. The molecule has 2 rings (SSSR count). The average molecular weight is 219 g/mol. The molecule has 0 saturated carbocycles. The highest BCUT2D eigenvalue weighted by molar-refractivity contribution is 5.65. The Bertz CT molecular complexity index is 338. The van der Waals surface area contributed by atoms with Crippen LogP contribution in [0.5, 0.6) is 0 Å². The van der Waals surface area contributed by atoms with E-state index < -0.39 is 0 Å². The van der Waals surface area contributed by atoms with Gasteiger partial charge >= 0.3 is 0 Å². The summed E-state index contributed by atoms with van der Waals surface area (Å²) in [5, 5.41) is 3.45. The fourth-order valence-corrected chi connectivity index (χ4v) is 2.29. The first-order valence-electron chi connectivity index (χ1n) is 6.06. The van der Waals surface area contributed by atoms with Gasteiger partial charge in [-0.05, 0) is 38.6 Å². The van der Waals surface area contributed by atoms with Crippen LogP contribution in [0.25, 0.3) is 0 Å². The Hall–Kier alpha value is -1.22. The number of likely N-dealkylation sites (tertiary alicyclic amines) is 1. The van der Waals surface area contributed by atoms with Gasteiger partial charge in [-0.15, -0.1) is 0 Å². The monoisotopic (exact) mass is 219 g/mol. The van der Waals surface area contributed by atoms with Crippen molar-refractivity contribution in [1.29, 1.82) is 0 Å². The van der Waals surface area contributed by atoms with E-state index in [1.165, 1.54) is 25.8 Å². The second-order valence-electron chi connectivity index (χ2n) is 4.60. The van der Waals surface area contributed by atoms with Crippen molar-refractivity contribution >= 4 is 11.4 Å². The van der Waals surface area contributed by atoms with Gasteiger partial charge in [0, 0.05) is 12.6 Å². The lowest BCUT2D eigenvalue weighted by atomic mass is 10.0. The molecular weight excluding hydrogens is 198 g/mol. The lowest BCUT2D eigenvalue weighted by molar-refractivity contribution is 0.194. The summed E-state index contributed by atoms with van der Waals surface area (Å²) >= 11 is 0. The number of nitrogens with two attached hydrogens (primary N) is 1. The normalized spacial score (nSPS) is 21.9. The molecule has 1 aliphatic rings. The molecule has 3 nitrogen and oxygen atoms in total. The predicted molar refractivity (Wildman–Crippen MR) is 69.6 cm³/mol. The number of piperidine rings is 1. The minimum Gasteiger partial charge on any atom is -0.397 e. The van der Waals surface area contributed by atoms with Crippen LogP contribution in [0.3, 0.4) is 0 Å². The molecule has 0 aliphatic carbocycles. The van der Waals surface area contributed by atoms with Gasteiger partial charge < -0.3 is 16.0 Å². The number of nitrogens with zero attached hydrogens (tertiary/aromatic N) is 1. The number of nitrogens with one attached hydrogen (secondary N) is 1. The van der Waals surface area contributed by atoms with E-state index in [-0.39, 0.29) is 0 Å². The highest BCUT2D eigenvalue weighted by Gasteiger charge is 2.18. The van der Waals surface area contributed by atoms with Gasteiger partial charge in [-0.25, -0.2) is 0 Å². The van der Waals surface area contributed by atoms with E-state index >= 15 is 0 Å². The van der Waals surface area contributed by atoms with Crippen LogP contribution in [0.2, 0.25) is 0 Å². The zero-order valence-electron chi connectivity index (χ0n) is 9.95. The van der Waals surface area contributed by atoms with Crippen molar-refractivity contribution < 1.29 is 0 Å². The van der Waals surface area contributed by atoms with E-state index in [9.17, 15) is 0 Å². The third kappa shape index (κ3) is 2.67. The first-order valence-corrected chi connectivity index (χ1v) is 6.06. The summed E-state index contributed by atoms with van der Waals surface area (Å²) in [4.78, 5) is 2.44. The summed E-state index contributed by atoms with van der Waals surface area (Å²) in [6.07, 6.45) is 3.97. The van der Waals surface area contributed by atoms with Crippen LogP contribution in [-0.4, -0.2) is 31.1 Å². The zero-order valence-corrected chi connectivity index (χ0v) is 9.95. The maximum atomic E-state index is 5.89. The van der Waals surface area contributed by atoms with E-state index in [4.69, 9.17) is 5.73 Å². The second kappa shape index (κ2) is 5.21. The first-order chi connectivity index (χ1) is 7.77. The van der Waals surface area contributed by atoms with Gasteiger partial charge in [-0.3, -0.25) is 0 Å². The van der Waals surface area contributed by atoms with Crippen molar-refractivity contribution in [3.63, 3.8) is 0 Å². The molecule has 1 heterocycles. The highest BCUT2D eigenvalue weighted by atomic mass is 15.2. The first kappa shape index (κ1) is 11.3. The van der Waals surface area contributed by atoms with Crippen molar-refractivity contribution in [2.75, 3.05) is 31.2 Å². The van der Waals surface area contributed by atoms with E-state index in [0.717, 1.165) is 17.9 Å². The number of nitrogen functional groups attached to an aromatic ring is 1. The second-order valence-corrected chi connectivity index (χ2v) is 4.60. The molecule has 0 amide bonds. The molecule has 88 valence electrons. The fourth-order valence-electron chi connectivity index (χ4n) is 2.29. The van der Waals surface area contributed by atoms with Gasteiger partial charge in [-0.2, -0.15) is 0 Å². The van der Waals surface area contributed by atoms with Crippen LogP contribution in [0, 0.1) is 0 Å². The van der Waals surface area contributed by atoms with Gasteiger partial charge in [0.25, 0.3) is 0 Å². The zero-order chi connectivity index (χ0) is 11.4. The van der Waals surface area contributed by atoms with Crippen LogP contribution in [-0.2, 0) is 0 Å². The Labute approximate surface area is 97.6 Å². The van der Waals surface area contributed by atoms with Crippen molar-refractivity contribution in [1.82, 2.24) is 4.90 Å². The van der Waals surface area contributed by atoms with Crippen molar-refractivity contribution in [3.05, 3.63) is 24.3 Å². The van der Waals surface area contributed by atoms with E-state index in [1.54, 1.807) is 0 Å². The van der Waals surface area contributed by atoms with Crippen LogP contribution < -0.4 is 11.1 Å². The fraction of sp³-hybridized carbons (Fsp3) is 0.538. The van der Waals surface area contributed by atoms with Crippen molar-refractivity contribution in [2.24, 2.45) is 0 Å². The lowest BCUT2D eigenvalue weighted by Crippen LogP contribution is -2.40. The quantitative estimate of drug-likeness (QED) is 0.765. The minimum absolute atomic E-state index is 0.647. The maximum Gasteiger partial charge on any atom is 0.0574 e. The van der Waals surface area contributed by atoms with Crippen LogP contribution in [0.4, 0.5) is 11.4 Å². The van der Waals surface area contributed by atoms with Crippen LogP contribution >= 0.6 is 0 Å². The summed E-state index contributed by atoms with van der Waals surface area (Å²) in [5.41, 5.74) is 7.79. The molecule has 1 aromatic rings. The molecule has 1 aliphatic heterocycles. The molecule has 1 saturated heterocycles. The molecular formula is C13H21N3. The van der Waals surface area contributed by atoms with Crippen LogP contribution in [0.1, 0.15) is 19.3 Å². The highest BCUT2D eigenvalue weighted by Crippen LogP contribution is 2.19. The molecule has 0 spiro atoms. The number of anilines is 2. The van der Waals surface area contributed by atoms with Crippen LogP contribution in [0.15, 0.2) is 24.3 Å². The maximum absolute atomic E-state index is 5.89. The van der Waals surface area contributed by atoms with Gasteiger partial charge in [-0.1, -0.05) is 18.6 Å². The molecule has 1 fully saturated rings. The number of hydrogen-bond donors (Lipinski definition) is 2. The number of hydrogen-bond acceptors (Lipinski definition) is 3. The third-order valence-corrected chi connectivity index (χ3v) is 3.41. The Balaban J connectivity index is 1.89. The van der Waals surface area contributed by atoms with E-state index in [2.05, 4.69) is 17.3 Å². The summed E-state index contributed by atoms with van der Waals surface area (Å²) in [6, 6.07) is 8.61. The third-order valence-electron chi connectivity index (χ3n) is 3.41. The van der Waals surface area contributed by atoms with E-state index in [1.807, 2.05) is 24.3 Å². The largest absolute Gasteiger partial charge is 0.397 e. The van der Waals surface area contributed by atoms with Gasteiger partial charge in [0.1, 0.15) is 0 Å². The molecule has 0 radical (unpaired) electrons. The number of benzene rings is 1. The number of rotatable bonds is 3. The molecule has 0 bridgehead atoms. The summed E-state index contributed by atoms with van der Waals surface area (Å²) in [5.74, 6) is 0. The van der Waals surface area contributed by atoms with Crippen molar-refractivity contribution in [3.8, 4) is 0 Å². The lowest BCUT2D eigenvalue weighted by Gasteiger charge is -2.32. The molecule has 16 heavy (non-hydrogen) atoms. The van der Waals surface area contributed by atoms with Gasteiger partial charge in [0.05, 0.1) is 11.4 Å². The number of para-hydroxylation sites is 2. The summed E-state index contributed by atoms with van der Waals surface area (Å²) < 4.78 is 0. The molecule has 1 atom stereocenters. The SMILES string of the molecule is CN1CCCCC1CNc1ccccc1N. The predicted octanol–water partition coefficient (Wildman–Crippen LogP) is 2.17.